The molecule has 0 radical (unpaired) electrons. The van der Waals surface area contributed by atoms with E-state index in [9.17, 15) is 0 Å². The number of azide groups is 2. The van der Waals surface area contributed by atoms with Gasteiger partial charge < -0.3 is 0 Å². The SMILES string of the molecule is CC.CC.[N-]=[N+]=Nc1ccc(Cc2ccc(N=[N+]=[N-])cc2)cc1. The van der Waals surface area contributed by atoms with Crippen LogP contribution >= 0.6 is 0 Å². The molecule has 0 aromatic heterocycles. The Balaban J connectivity index is 0.00000112. The monoisotopic (exact) mass is 310 g/mol. The van der Waals surface area contributed by atoms with Gasteiger partial charge in [-0.3, -0.25) is 0 Å². The van der Waals surface area contributed by atoms with Crippen molar-refractivity contribution in [1.82, 2.24) is 0 Å². The third-order valence-corrected chi connectivity index (χ3v) is 2.60. The van der Waals surface area contributed by atoms with Crippen molar-refractivity contribution in [2.24, 2.45) is 10.2 Å². The summed E-state index contributed by atoms with van der Waals surface area (Å²) in [4.78, 5) is 5.46. The quantitative estimate of drug-likeness (QED) is 0.323. The summed E-state index contributed by atoms with van der Waals surface area (Å²) in [6.07, 6.45) is 0.771. The second-order valence-corrected chi connectivity index (χ2v) is 3.89. The summed E-state index contributed by atoms with van der Waals surface area (Å²) in [5.41, 5.74) is 20.1. The van der Waals surface area contributed by atoms with Crippen molar-refractivity contribution in [2.45, 2.75) is 34.1 Å². The largest absolute Gasteiger partial charge is 0.0683 e. The van der Waals surface area contributed by atoms with Crippen molar-refractivity contribution >= 4 is 11.4 Å². The molecular formula is C17H22N6. The highest BCUT2D eigenvalue weighted by Gasteiger charge is 1.97. The van der Waals surface area contributed by atoms with Gasteiger partial charge in [-0.1, -0.05) is 86.5 Å². The molecule has 0 atom stereocenters. The van der Waals surface area contributed by atoms with E-state index in [4.69, 9.17) is 11.1 Å². The molecule has 6 nitrogen and oxygen atoms in total. The molecule has 0 aliphatic heterocycles. The number of benzene rings is 2. The summed E-state index contributed by atoms with van der Waals surface area (Å²) in [6, 6.07) is 14.8. The second-order valence-electron chi connectivity index (χ2n) is 3.89. The summed E-state index contributed by atoms with van der Waals surface area (Å²) in [5, 5.41) is 7.04. The predicted molar refractivity (Wildman–Crippen MR) is 96.0 cm³/mol. The molecule has 120 valence electrons. The van der Waals surface area contributed by atoms with E-state index in [2.05, 4.69) is 20.1 Å². The van der Waals surface area contributed by atoms with Gasteiger partial charge in [-0.2, -0.15) is 0 Å². The van der Waals surface area contributed by atoms with E-state index >= 15 is 0 Å². The Hall–Kier alpha value is -2.94. The van der Waals surface area contributed by atoms with E-state index in [1.807, 2.05) is 52.0 Å². The third-order valence-electron chi connectivity index (χ3n) is 2.60. The van der Waals surface area contributed by atoms with Crippen LogP contribution in [0, 0.1) is 0 Å². The highest BCUT2D eigenvalue weighted by Crippen LogP contribution is 2.18. The van der Waals surface area contributed by atoms with Crippen LogP contribution in [-0.2, 0) is 6.42 Å². The number of nitrogens with zero attached hydrogens (tertiary/aromatic N) is 6. The van der Waals surface area contributed by atoms with Crippen LogP contribution in [0.25, 0.3) is 20.9 Å². The minimum atomic E-state index is 0.602. The Morgan fingerprint density at radius 1 is 0.652 bits per heavy atom. The first-order valence-electron chi connectivity index (χ1n) is 7.60. The Labute approximate surface area is 137 Å². The van der Waals surface area contributed by atoms with Gasteiger partial charge in [-0.05, 0) is 28.6 Å². The van der Waals surface area contributed by atoms with E-state index in [0.29, 0.717) is 11.4 Å². The van der Waals surface area contributed by atoms with E-state index in [-0.39, 0.29) is 0 Å². The van der Waals surface area contributed by atoms with Crippen molar-refractivity contribution in [3.8, 4) is 0 Å². The van der Waals surface area contributed by atoms with E-state index in [1.165, 1.54) is 0 Å². The molecular weight excluding hydrogens is 288 g/mol. The fraction of sp³-hybridized carbons (Fsp3) is 0.294. The minimum absolute atomic E-state index is 0.602. The third kappa shape index (κ3) is 7.58. The lowest BCUT2D eigenvalue weighted by Gasteiger charge is -2.02. The van der Waals surface area contributed by atoms with Crippen LogP contribution in [0.2, 0.25) is 0 Å². The zero-order valence-corrected chi connectivity index (χ0v) is 14.0. The summed E-state index contributed by atoms with van der Waals surface area (Å²) in [7, 11) is 0. The van der Waals surface area contributed by atoms with Crippen molar-refractivity contribution < 1.29 is 0 Å². The summed E-state index contributed by atoms with van der Waals surface area (Å²) >= 11 is 0. The van der Waals surface area contributed by atoms with E-state index in [1.54, 1.807) is 24.3 Å². The lowest BCUT2D eigenvalue weighted by Crippen LogP contribution is -1.86. The van der Waals surface area contributed by atoms with Gasteiger partial charge >= 0.3 is 0 Å². The van der Waals surface area contributed by atoms with Gasteiger partial charge in [-0.15, -0.1) is 0 Å². The van der Waals surface area contributed by atoms with Gasteiger partial charge in [0.1, 0.15) is 0 Å². The molecule has 0 bridgehead atoms. The Morgan fingerprint density at radius 3 is 1.22 bits per heavy atom. The molecule has 0 spiro atoms. The van der Waals surface area contributed by atoms with Crippen molar-refractivity contribution in [1.29, 1.82) is 0 Å². The molecule has 0 heterocycles. The molecule has 2 aromatic carbocycles. The first-order valence-corrected chi connectivity index (χ1v) is 7.60. The maximum Gasteiger partial charge on any atom is 0.0375 e. The normalized spacial score (nSPS) is 8.17. The number of rotatable bonds is 4. The fourth-order valence-electron chi connectivity index (χ4n) is 1.70. The summed E-state index contributed by atoms with van der Waals surface area (Å²) in [6.45, 7) is 8.00. The lowest BCUT2D eigenvalue weighted by molar-refractivity contribution is 1.19. The molecule has 0 aliphatic rings. The smallest absolute Gasteiger partial charge is 0.0375 e. The Morgan fingerprint density at radius 2 is 0.957 bits per heavy atom. The zero-order valence-electron chi connectivity index (χ0n) is 14.0. The van der Waals surface area contributed by atoms with Gasteiger partial charge in [-0.25, -0.2) is 0 Å². The molecule has 2 aromatic rings. The van der Waals surface area contributed by atoms with Crippen molar-refractivity contribution in [3.05, 3.63) is 80.5 Å². The van der Waals surface area contributed by atoms with Crippen molar-refractivity contribution in [2.75, 3.05) is 0 Å². The van der Waals surface area contributed by atoms with Crippen LogP contribution in [-0.4, -0.2) is 0 Å². The molecule has 0 saturated heterocycles. The standard InChI is InChI=1S/C13H10N6.2C2H6/c14-18-16-12-5-1-10(2-6-12)9-11-3-7-13(8-4-11)17-19-15;2*1-2/h1-8H,9H2;2*1-2H3. The molecule has 0 aliphatic carbocycles. The molecule has 0 amide bonds. The molecule has 2 rings (SSSR count). The van der Waals surface area contributed by atoms with E-state index < -0.39 is 0 Å². The van der Waals surface area contributed by atoms with Gasteiger partial charge in [0, 0.05) is 21.2 Å². The molecule has 0 fully saturated rings. The van der Waals surface area contributed by atoms with Crippen LogP contribution < -0.4 is 0 Å². The second kappa shape index (κ2) is 12.8. The summed E-state index contributed by atoms with van der Waals surface area (Å²) in [5.74, 6) is 0. The first-order chi connectivity index (χ1) is 11.3. The number of hydrogen-bond acceptors (Lipinski definition) is 2. The molecule has 0 N–H and O–H groups in total. The van der Waals surface area contributed by atoms with Crippen LogP contribution in [0.5, 0.6) is 0 Å². The van der Waals surface area contributed by atoms with E-state index in [0.717, 1.165) is 17.5 Å². The lowest BCUT2D eigenvalue weighted by atomic mass is 10.0. The van der Waals surface area contributed by atoms with Gasteiger partial charge in [0.15, 0.2) is 0 Å². The Bertz CT molecular complexity index is 589. The maximum absolute atomic E-state index is 8.32. The highest BCUT2D eigenvalue weighted by molar-refractivity contribution is 5.42. The average Bonchev–Trinajstić information content (AvgIpc) is 2.62. The van der Waals surface area contributed by atoms with Gasteiger partial charge in [0.2, 0.25) is 0 Å². The van der Waals surface area contributed by atoms with Gasteiger partial charge in [0.05, 0.1) is 0 Å². The maximum atomic E-state index is 8.32. The fourth-order valence-corrected chi connectivity index (χ4v) is 1.70. The van der Waals surface area contributed by atoms with Crippen LogP contribution in [0.1, 0.15) is 38.8 Å². The van der Waals surface area contributed by atoms with Crippen LogP contribution in [0.4, 0.5) is 11.4 Å². The number of hydrogen-bond donors (Lipinski definition) is 0. The molecule has 0 saturated carbocycles. The average molecular weight is 310 g/mol. The van der Waals surface area contributed by atoms with Gasteiger partial charge in [0.25, 0.3) is 0 Å². The molecule has 23 heavy (non-hydrogen) atoms. The molecule has 0 unspecified atom stereocenters. The highest BCUT2D eigenvalue weighted by atomic mass is 15.1. The predicted octanol–water partition coefficient (Wildman–Crippen LogP) is 7.21. The zero-order chi connectivity index (χ0) is 17.5. The first kappa shape index (κ1) is 20.1. The topological polar surface area (TPSA) is 97.5 Å². The van der Waals surface area contributed by atoms with Crippen molar-refractivity contribution in [3.63, 3.8) is 0 Å². The Kier molecular flexibility index (Phi) is 11.1. The minimum Gasteiger partial charge on any atom is -0.0683 e. The van der Waals surface area contributed by atoms with Crippen LogP contribution in [0.3, 0.4) is 0 Å². The summed E-state index contributed by atoms with van der Waals surface area (Å²) < 4.78 is 0. The van der Waals surface area contributed by atoms with Crippen LogP contribution in [0.15, 0.2) is 58.8 Å². The molecule has 6 heteroatoms.